The molecule has 9 heteroatoms. The molecule has 3 rings (SSSR count). The van der Waals surface area contributed by atoms with E-state index in [0.29, 0.717) is 21.9 Å². The van der Waals surface area contributed by atoms with Crippen LogP contribution >= 0.6 is 11.8 Å². The van der Waals surface area contributed by atoms with Gasteiger partial charge in [-0.15, -0.1) is 11.8 Å². The summed E-state index contributed by atoms with van der Waals surface area (Å²) in [6.45, 7) is 1.87. The van der Waals surface area contributed by atoms with Crippen molar-refractivity contribution in [1.29, 1.82) is 0 Å². The van der Waals surface area contributed by atoms with Crippen molar-refractivity contribution in [3.8, 4) is 5.75 Å². The molecule has 1 N–H and O–H groups in total. The Balaban J connectivity index is 1.92. The van der Waals surface area contributed by atoms with Crippen molar-refractivity contribution in [3.05, 3.63) is 93.5 Å². The van der Waals surface area contributed by atoms with Crippen LogP contribution in [0.25, 0.3) is 0 Å². The topological polar surface area (TPSA) is 108 Å². The molecule has 0 spiro atoms. The van der Waals surface area contributed by atoms with E-state index in [4.69, 9.17) is 9.47 Å². The average molecular weight is 467 g/mol. The van der Waals surface area contributed by atoms with Gasteiger partial charge in [0.1, 0.15) is 5.75 Å². The number of nitro benzene ring substituents is 1. The summed E-state index contributed by atoms with van der Waals surface area (Å²) < 4.78 is 10.9. The zero-order valence-corrected chi connectivity index (χ0v) is 19.0. The van der Waals surface area contributed by atoms with Gasteiger partial charge in [-0.2, -0.15) is 0 Å². The first-order valence-electron chi connectivity index (χ1n) is 9.88. The lowest BCUT2D eigenvalue weighted by atomic mass is 10.1. The van der Waals surface area contributed by atoms with E-state index in [-0.39, 0.29) is 11.3 Å². The standard InChI is InChI=1S/C24H22N2O6S/c1-15-9-11-20(31-2)18(13-15)25-23(27)22(16-7-5-4-6-8-16)32-24(28)17-10-12-21(33-3)19(14-17)26(29)30/h4-14,22H,1-3H3,(H,25,27). The Kier molecular flexibility index (Phi) is 7.68. The number of ether oxygens (including phenoxy) is 2. The number of thioether (sulfide) groups is 1. The molecule has 0 aliphatic carbocycles. The molecular formula is C24H22N2O6S. The fourth-order valence-electron chi connectivity index (χ4n) is 3.15. The lowest BCUT2D eigenvalue weighted by Gasteiger charge is -2.19. The number of nitrogens with one attached hydrogen (secondary N) is 1. The SMILES string of the molecule is COc1ccc(C)cc1NC(=O)C(OC(=O)c1ccc(SC)c([N+](=O)[O-])c1)c1ccccc1. The second kappa shape index (κ2) is 10.6. The summed E-state index contributed by atoms with van der Waals surface area (Å²) in [5.74, 6) is -0.991. The van der Waals surface area contributed by atoms with E-state index in [9.17, 15) is 19.7 Å². The Morgan fingerprint density at radius 1 is 1.06 bits per heavy atom. The van der Waals surface area contributed by atoms with Gasteiger partial charge in [0.05, 0.1) is 28.2 Å². The molecule has 1 unspecified atom stereocenters. The largest absolute Gasteiger partial charge is 0.495 e. The van der Waals surface area contributed by atoms with Crippen LogP contribution in [0.2, 0.25) is 0 Å². The average Bonchev–Trinajstić information content (AvgIpc) is 2.82. The van der Waals surface area contributed by atoms with E-state index in [1.807, 2.05) is 13.0 Å². The maximum absolute atomic E-state index is 13.2. The number of aryl methyl sites for hydroxylation is 1. The maximum atomic E-state index is 13.2. The quantitative estimate of drug-likeness (QED) is 0.211. The van der Waals surface area contributed by atoms with Crippen LogP contribution in [0, 0.1) is 17.0 Å². The molecule has 1 atom stereocenters. The summed E-state index contributed by atoms with van der Waals surface area (Å²) in [6.07, 6.45) is 0.415. The second-order valence-corrected chi connectivity index (χ2v) is 7.88. The van der Waals surface area contributed by atoms with Gasteiger partial charge in [-0.1, -0.05) is 36.4 Å². The number of amides is 1. The number of nitrogens with zero attached hydrogens (tertiary/aromatic N) is 1. The molecule has 8 nitrogen and oxygen atoms in total. The van der Waals surface area contributed by atoms with Gasteiger partial charge in [0.25, 0.3) is 11.6 Å². The molecular weight excluding hydrogens is 444 g/mol. The van der Waals surface area contributed by atoms with E-state index in [2.05, 4.69) is 5.32 Å². The van der Waals surface area contributed by atoms with Crippen LogP contribution in [0.15, 0.2) is 71.6 Å². The van der Waals surface area contributed by atoms with Crippen molar-refractivity contribution in [3.63, 3.8) is 0 Å². The number of hydrogen-bond acceptors (Lipinski definition) is 7. The smallest absolute Gasteiger partial charge is 0.339 e. The third-order valence-corrected chi connectivity index (χ3v) is 5.57. The summed E-state index contributed by atoms with van der Waals surface area (Å²) in [7, 11) is 1.49. The monoisotopic (exact) mass is 466 g/mol. The first kappa shape index (κ1) is 23.8. The van der Waals surface area contributed by atoms with Crippen LogP contribution in [-0.4, -0.2) is 30.2 Å². The van der Waals surface area contributed by atoms with E-state index >= 15 is 0 Å². The Morgan fingerprint density at radius 3 is 2.42 bits per heavy atom. The molecule has 0 aliphatic heterocycles. The lowest BCUT2D eigenvalue weighted by molar-refractivity contribution is -0.387. The van der Waals surface area contributed by atoms with Gasteiger partial charge in [0.2, 0.25) is 6.10 Å². The first-order chi connectivity index (χ1) is 15.8. The first-order valence-corrected chi connectivity index (χ1v) is 11.1. The van der Waals surface area contributed by atoms with Crippen LogP contribution in [0.1, 0.15) is 27.6 Å². The van der Waals surface area contributed by atoms with Gasteiger partial charge in [0.15, 0.2) is 0 Å². The van der Waals surface area contributed by atoms with Crippen molar-refractivity contribution in [2.45, 2.75) is 17.9 Å². The summed E-state index contributed by atoms with van der Waals surface area (Å²) in [5.41, 5.74) is 1.55. The van der Waals surface area contributed by atoms with Crippen LogP contribution in [-0.2, 0) is 9.53 Å². The lowest BCUT2D eigenvalue weighted by Crippen LogP contribution is -2.26. The third kappa shape index (κ3) is 5.69. The van der Waals surface area contributed by atoms with Crippen LogP contribution in [0.5, 0.6) is 5.75 Å². The number of hydrogen-bond donors (Lipinski definition) is 1. The molecule has 0 heterocycles. The third-order valence-electron chi connectivity index (χ3n) is 4.79. The Hall–Kier alpha value is -3.85. The zero-order chi connectivity index (χ0) is 24.0. The number of benzene rings is 3. The molecule has 3 aromatic carbocycles. The summed E-state index contributed by atoms with van der Waals surface area (Å²) in [4.78, 5) is 37.3. The van der Waals surface area contributed by atoms with Crippen molar-refractivity contribution in [1.82, 2.24) is 0 Å². The van der Waals surface area contributed by atoms with Crippen molar-refractivity contribution < 1.29 is 24.0 Å². The summed E-state index contributed by atoms with van der Waals surface area (Å²) in [6, 6.07) is 17.9. The number of rotatable bonds is 8. The Morgan fingerprint density at radius 2 is 1.79 bits per heavy atom. The van der Waals surface area contributed by atoms with Gasteiger partial charge in [-0.3, -0.25) is 14.9 Å². The molecule has 0 aromatic heterocycles. The number of nitro groups is 1. The van der Waals surface area contributed by atoms with Gasteiger partial charge < -0.3 is 14.8 Å². The van der Waals surface area contributed by atoms with Crippen LogP contribution in [0.4, 0.5) is 11.4 Å². The van der Waals surface area contributed by atoms with Gasteiger partial charge in [-0.05, 0) is 43.0 Å². The highest BCUT2D eigenvalue weighted by molar-refractivity contribution is 7.98. The summed E-state index contributed by atoms with van der Waals surface area (Å²) >= 11 is 1.20. The van der Waals surface area contributed by atoms with Crippen LogP contribution < -0.4 is 10.1 Å². The molecule has 1 amide bonds. The minimum absolute atomic E-state index is 0.0265. The van der Waals surface area contributed by atoms with Gasteiger partial charge >= 0.3 is 5.97 Å². The zero-order valence-electron chi connectivity index (χ0n) is 18.2. The van der Waals surface area contributed by atoms with Crippen LogP contribution in [0.3, 0.4) is 0 Å². The summed E-state index contributed by atoms with van der Waals surface area (Å²) in [5, 5.41) is 14.1. The van der Waals surface area contributed by atoms with Crippen molar-refractivity contribution in [2.75, 3.05) is 18.7 Å². The molecule has 3 aromatic rings. The fraction of sp³-hybridized carbons (Fsp3) is 0.167. The minimum Gasteiger partial charge on any atom is -0.495 e. The van der Waals surface area contributed by atoms with Gasteiger partial charge in [0, 0.05) is 11.6 Å². The molecule has 0 saturated heterocycles. The highest BCUT2D eigenvalue weighted by atomic mass is 32.2. The van der Waals surface area contributed by atoms with E-state index in [0.717, 1.165) is 11.6 Å². The molecule has 0 fully saturated rings. The number of methoxy groups -OCH3 is 1. The number of esters is 1. The molecule has 170 valence electrons. The van der Waals surface area contributed by atoms with Gasteiger partial charge in [-0.25, -0.2) is 4.79 Å². The molecule has 0 radical (unpaired) electrons. The number of carbonyl (C=O) groups is 2. The molecule has 0 saturated carbocycles. The predicted octanol–water partition coefficient (Wildman–Crippen LogP) is 5.17. The Bertz CT molecular complexity index is 1180. The fourth-order valence-corrected chi connectivity index (χ4v) is 3.70. The highest BCUT2D eigenvalue weighted by Gasteiger charge is 2.28. The molecule has 0 bridgehead atoms. The van der Waals surface area contributed by atoms with E-state index in [1.165, 1.54) is 31.0 Å². The predicted molar refractivity (Wildman–Crippen MR) is 126 cm³/mol. The number of anilines is 1. The van der Waals surface area contributed by atoms with Crippen molar-refractivity contribution >= 4 is 35.0 Å². The maximum Gasteiger partial charge on any atom is 0.339 e. The molecule has 0 aliphatic rings. The minimum atomic E-state index is -1.29. The molecule has 33 heavy (non-hydrogen) atoms. The van der Waals surface area contributed by atoms with Crippen molar-refractivity contribution in [2.24, 2.45) is 0 Å². The normalized spacial score (nSPS) is 11.4. The Labute approximate surface area is 195 Å². The second-order valence-electron chi connectivity index (χ2n) is 7.03. The number of carbonyl (C=O) groups excluding carboxylic acids is 2. The highest BCUT2D eigenvalue weighted by Crippen LogP contribution is 2.31. The van der Waals surface area contributed by atoms with E-state index in [1.54, 1.807) is 48.7 Å². The van der Waals surface area contributed by atoms with E-state index < -0.39 is 22.9 Å².